The Morgan fingerprint density at radius 3 is 2.71 bits per heavy atom. The van der Waals surface area contributed by atoms with Gasteiger partial charge in [-0.05, 0) is 13.0 Å². The van der Waals surface area contributed by atoms with Crippen LogP contribution in [0.15, 0.2) is 0 Å². The Hall–Kier alpha value is -1.05. The van der Waals surface area contributed by atoms with Crippen LogP contribution in [-0.4, -0.2) is 31.5 Å². The standard InChI is InChI=1S/C10H17N5OS/c1-10(2,3)8-12-13-9-15(8)14-7(17-9)6(16)4-5-11/h6,16H,4-5,11H2,1-3H3. The van der Waals surface area contributed by atoms with Gasteiger partial charge in [-0.1, -0.05) is 32.1 Å². The van der Waals surface area contributed by atoms with Crippen LogP contribution in [0.5, 0.6) is 0 Å². The quantitative estimate of drug-likeness (QED) is 0.849. The molecular formula is C10H17N5OS. The molecule has 2 aromatic heterocycles. The molecule has 0 amide bonds. The van der Waals surface area contributed by atoms with Gasteiger partial charge in [-0.2, -0.15) is 9.61 Å². The van der Waals surface area contributed by atoms with E-state index in [1.807, 2.05) is 0 Å². The van der Waals surface area contributed by atoms with Crippen LogP contribution in [0.3, 0.4) is 0 Å². The molecule has 0 bridgehead atoms. The molecule has 2 rings (SSSR count). The largest absolute Gasteiger partial charge is 0.386 e. The van der Waals surface area contributed by atoms with E-state index in [2.05, 4.69) is 36.1 Å². The minimum Gasteiger partial charge on any atom is -0.386 e. The lowest BCUT2D eigenvalue weighted by atomic mass is 9.96. The third kappa shape index (κ3) is 2.31. The summed E-state index contributed by atoms with van der Waals surface area (Å²) in [6.45, 7) is 6.60. The van der Waals surface area contributed by atoms with E-state index in [0.717, 1.165) is 5.82 Å². The van der Waals surface area contributed by atoms with E-state index in [-0.39, 0.29) is 5.41 Å². The number of nitrogens with zero attached hydrogens (tertiary/aromatic N) is 4. The molecule has 0 saturated heterocycles. The number of hydrogen-bond acceptors (Lipinski definition) is 6. The van der Waals surface area contributed by atoms with Crippen molar-refractivity contribution in [2.45, 2.75) is 38.7 Å². The Bertz CT molecular complexity index is 512. The molecule has 0 saturated carbocycles. The summed E-state index contributed by atoms with van der Waals surface area (Å²) >= 11 is 1.35. The van der Waals surface area contributed by atoms with Crippen LogP contribution in [0.1, 0.15) is 44.1 Å². The van der Waals surface area contributed by atoms with E-state index in [9.17, 15) is 5.11 Å². The molecule has 94 valence electrons. The third-order valence-electron chi connectivity index (χ3n) is 2.40. The molecule has 1 unspecified atom stereocenters. The first-order chi connectivity index (χ1) is 7.93. The van der Waals surface area contributed by atoms with Crippen LogP contribution in [0, 0.1) is 0 Å². The second kappa shape index (κ2) is 4.32. The highest BCUT2D eigenvalue weighted by Crippen LogP contribution is 2.26. The maximum absolute atomic E-state index is 9.84. The number of hydrogen-bond donors (Lipinski definition) is 2. The maximum Gasteiger partial charge on any atom is 0.234 e. The molecule has 0 aromatic carbocycles. The van der Waals surface area contributed by atoms with Crippen molar-refractivity contribution in [3.8, 4) is 0 Å². The van der Waals surface area contributed by atoms with E-state index in [0.29, 0.717) is 22.9 Å². The van der Waals surface area contributed by atoms with Crippen molar-refractivity contribution in [3.05, 3.63) is 10.8 Å². The lowest BCUT2D eigenvalue weighted by Gasteiger charge is -2.13. The molecular weight excluding hydrogens is 238 g/mol. The van der Waals surface area contributed by atoms with Crippen molar-refractivity contribution < 1.29 is 5.11 Å². The Balaban J connectivity index is 2.42. The summed E-state index contributed by atoms with van der Waals surface area (Å²) in [5, 5.41) is 23.0. The summed E-state index contributed by atoms with van der Waals surface area (Å²) in [5.41, 5.74) is 5.30. The van der Waals surface area contributed by atoms with Crippen LogP contribution in [-0.2, 0) is 5.41 Å². The summed E-state index contributed by atoms with van der Waals surface area (Å²) in [5.74, 6) is 0.801. The zero-order valence-corrected chi connectivity index (χ0v) is 11.0. The highest BCUT2D eigenvalue weighted by Gasteiger charge is 2.24. The number of nitrogens with two attached hydrogens (primary N) is 1. The van der Waals surface area contributed by atoms with Crippen molar-refractivity contribution in [3.63, 3.8) is 0 Å². The van der Waals surface area contributed by atoms with Crippen molar-refractivity contribution in [1.29, 1.82) is 0 Å². The molecule has 3 N–H and O–H groups in total. The average Bonchev–Trinajstić information content (AvgIpc) is 2.73. The van der Waals surface area contributed by atoms with Crippen LogP contribution >= 0.6 is 11.3 Å². The fourth-order valence-electron chi connectivity index (χ4n) is 1.52. The van der Waals surface area contributed by atoms with Gasteiger partial charge in [0.15, 0.2) is 5.82 Å². The minimum absolute atomic E-state index is 0.121. The fraction of sp³-hybridized carbons (Fsp3) is 0.700. The Labute approximate surface area is 103 Å². The topological polar surface area (TPSA) is 89.3 Å². The number of rotatable bonds is 3. The van der Waals surface area contributed by atoms with E-state index in [1.165, 1.54) is 11.3 Å². The molecule has 6 nitrogen and oxygen atoms in total. The van der Waals surface area contributed by atoms with E-state index < -0.39 is 6.10 Å². The summed E-state index contributed by atoms with van der Waals surface area (Å²) in [4.78, 5) is 0.709. The zero-order chi connectivity index (χ0) is 12.6. The second-order valence-corrected chi connectivity index (χ2v) is 5.99. The van der Waals surface area contributed by atoms with Gasteiger partial charge in [0, 0.05) is 5.41 Å². The van der Waals surface area contributed by atoms with Crippen molar-refractivity contribution >= 4 is 16.3 Å². The summed E-state index contributed by atoms with van der Waals surface area (Å²) < 4.78 is 1.71. The molecule has 1 atom stereocenters. The van der Waals surface area contributed by atoms with Crippen molar-refractivity contribution in [2.24, 2.45) is 5.73 Å². The van der Waals surface area contributed by atoms with Gasteiger partial charge in [-0.3, -0.25) is 0 Å². The normalized spacial score (nSPS) is 14.4. The molecule has 7 heteroatoms. The highest BCUT2D eigenvalue weighted by molar-refractivity contribution is 7.16. The molecule has 0 aliphatic rings. The highest BCUT2D eigenvalue weighted by atomic mass is 32.1. The van der Waals surface area contributed by atoms with Gasteiger partial charge >= 0.3 is 0 Å². The van der Waals surface area contributed by atoms with Gasteiger partial charge in [0.1, 0.15) is 11.1 Å². The predicted octanol–water partition coefficient (Wildman–Crippen LogP) is 0.865. The average molecular weight is 255 g/mol. The van der Waals surface area contributed by atoms with Crippen LogP contribution in [0.4, 0.5) is 0 Å². The van der Waals surface area contributed by atoms with Gasteiger partial charge in [0.2, 0.25) is 4.96 Å². The van der Waals surface area contributed by atoms with Gasteiger partial charge in [0.05, 0.1) is 0 Å². The van der Waals surface area contributed by atoms with E-state index in [4.69, 9.17) is 5.73 Å². The van der Waals surface area contributed by atoms with Gasteiger partial charge in [-0.15, -0.1) is 10.2 Å². The second-order valence-electron chi connectivity index (χ2n) is 5.00. The molecule has 0 fully saturated rings. The first-order valence-electron chi connectivity index (χ1n) is 5.54. The third-order valence-corrected chi connectivity index (χ3v) is 3.40. The number of fused-ring (bicyclic) bond motifs is 1. The Morgan fingerprint density at radius 2 is 2.12 bits per heavy atom. The first-order valence-corrected chi connectivity index (χ1v) is 6.36. The lowest BCUT2D eigenvalue weighted by molar-refractivity contribution is 0.168. The number of aliphatic hydroxyl groups excluding tert-OH is 1. The van der Waals surface area contributed by atoms with E-state index >= 15 is 0 Å². The minimum atomic E-state index is -0.612. The molecule has 17 heavy (non-hydrogen) atoms. The Kier molecular flexibility index (Phi) is 3.15. The molecule has 0 aliphatic heterocycles. The maximum atomic E-state index is 9.84. The smallest absolute Gasteiger partial charge is 0.234 e. The first kappa shape index (κ1) is 12.4. The van der Waals surface area contributed by atoms with Gasteiger partial charge in [-0.25, -0.2) is 0 Å². The fourth-order valence-corrected chi connectivity index (χ4v) is 2.37. The number of aliphatic hydroxyl groups is 1. The van der Waals surface area contributed by atoms with Crippen LogP contribution in [0.2, 0.25) is 0 Å². The molecule has 0 radical (unpaired) electrons. The van der Waals surface area contributed by atoms with Gasteiger partial charge in [0.25, 0.3) is 0 Å². The number of aromatic nitrogens is 4. The lowest BCUT2D eigenvalue weighted by Crippen LogP contribution is -2.16. The predicted molar refractivity (Wildman–Crippen MR) is 66.0 cm³/mol. The van der Waals surface area contributed by atoms with Crippen LogP contribution in [0.25, 0.3) is 4.96 Å². The van der Waals surface area contributed by atoms with Gasteiger partial charge < -0.3 is 10.8 Å². The molecule has 2 heterocycles. The zero-order valence-electron chi connectivity index (χ0n) is 10.2. The monoisotopic (exact) mass is 255 g/mol. The van der Waals surface area contributed by atoms with Crippen molar-refractivity contribution in [2.75, 3.05) is 6.54 Å². The van der Waals surface area contributed by atoms with E-state index in [1.54, 1.807) is 4.52 Å². The van der Waals surface area contributed by atoms with Crippen LogP contribution < -0.4 is 5.73 Å². The van der Waals surface area contributed by atoms with Crippen molar-refractivity contribution in [1.82, 2.24) is 19.8 Å². The summed E-state index contributed by atoms with van der Waals surface area (Å²) in [6, 6.07) is 0. The summed E-state index contributed by atoms with van der Waals surface area (Å²) in [6.07, 6.45) is -0.103. The Morgan fingerprint density at radius 1 is 1.41 bits per heavy atom. The summed E-state index contributed by atoms with van der Waals surface area (Å²) in [7, 11) is 0. The molecule has 0 spiro atoms. The molecule has 2 aromatic rings. The molecule has 0 aliphatic carbocycles. The SMILES string of the molecule is CC(C)(C)c1nnc2sc(C(O)CCN)nn12.